The molecule has 0 atom stereocenters. The maximum Gasteiger partial charge on any atom is 0.248 e. The molecule has 0 aliphatic carbocycles. The van der Waals surface area contributed by atoms with Crippen LogP contribution in [0.5, 0.6) is 0 Å². The Morgan fingerprint density at radius 3 is 2.80 bits per heavy atom. The zero-order chi connectivity index (χ0) is 17.4. The van der Waals surface area contributed by atoms with E-state index in [1.54, 1.807) is 42.1 Å². The van der Waals surface area contributed by atoms with Crippen LogP contribution in [0.15, 0.2) is 47.0 Å². The molecule has 1 aromatic carbocycles. The first-order valence-electron chi connectivity index (χ1n) is 7.80. The Hall–Kier alpha value is -3.06. The van der Waals surface area contributed by atoms with Crippen molar-refractivity contribution in [2.24, 2.45) is 0 Å². The third-order valence-corrected chi connectivity index (χ3v) is 4.02. The Labute approximate surface area is 142 Å². The zero-order valence-electron chi connectivity index (χ0n) is 13.5. The maximum atomic E-state index is 14.0. The predicted molar refractivity (Wildman–Crippen MR) is 89.2 cm³/mol. The maximum absolute atomic E-state index is 14.0. The Balaban J connectivity index is 1.85. The van der Waals surface area contributed by atoms with Gasteiger partial charge in [0.25, 0.3) is 0 Å². The smallest absolute Gasteiger partial charge is 0.248 e. The van der Waals surface area contributed by atoms with E-state index in [9.17, 15) is 9.50 Å². The van der Waals surface area contributed by atoms with E-state index < -0.39 is 0 Å². The van der Waals surface area contributed by atoms with Gasteiger partial charge in [-0.15, -0.1) is 0 Å². The number of benzene rings is 1. The lowest BCUT2D eigenvalue weighted by molar-refractivity contribution is 0.247. The van der Waals surface area contributed by atoms with E-state index in [1.165, 1.54) is 6.07 Å². The van der Waals surface area contributed by atoms with Gasteiger partial charge in [-0.05, 0) is 25.1 Å². The summed E-state index contributed by atoms with van der Waals surface area (Å²) in [5.74, 6) is 0.417. The molecule has 126 valence electrons. The van der Waals surface area contributed by atoms with Crippen LogP contribution < -0.4 is 0 Å². The Morgan fingerprint density at radius 2 is 2.04 bits per heavy atom. The van der Waals surface area contributed by atoms with Crippen LogP contribution in [0.25, 0.3) is 22.6 Å². The van der Waals surface area contributed by atoms with Gasteiger partial charge >= 0.3 is 0 Å². The van der Waals surface area contributed by atoms with Gasteiger partial charge in [-0.2, -0.15) is 5.10 Å². The summed E-state index contributed by atoms with van der Waals surface area (Å²) in [6.07, 6.45) is 1.66. The van der Waals surface area contributed by atoms with Crippen molar-refractivity contribution in [1.82, 2.24) is 19.7 Å². The molecule has 3 aromatic heterocycles. The minimum Gasteiger partial charge on any atom is -0.437 e. The summed E-state index contributed by atoms with van der Waals surface area (Å²) in [5.41, 5.74) is 2.26. The van der Waals surface area contributed by atoms with E-state index in [0.717, 1.165) is 5.39 Å². The Bertz CT molecular complexity index is 1050. The number of aromatic nitrogens is 4. The van der Waals surface area contributed by atoms with Crippen LogP contribution in [-0.2, 0) is 13.2 Å². The van der Waals surface area contributed by atoms with Crippen LogP contribution in [0.4, 0.5) is 4.39 Å². The van der Waals surface area contributed by atoms with Crippen LogP contribution in [0.3, 0.4) is 0 Å². The number of nitrogens with zero attached hydrogens (tertiary/aromatic N) is 4. The first kappa shape index (κ1) is 15.5. The lowest BCUT2D eigenvalue weighted by Gasteiger charge is -2.04. The average Bonchev–Trinajstić information content (AvgIpc) is 3.18. The number of aliphatic hydroxyl groups excluding tert-OH is 1. The van der Waals surface area contributed by atoms with Gasteiger partial charge in [0.1, 0.15) is 12.4 Å². The number of rotatable bonds is 4. The Kier molecular flexibility index (Phi) is 3.77. The monoisotopic (exact) mass is 338 g/mol. The number of hydrogen-bond acceptors (Lipinski definition) is 5. The van der Waals surface area contributed by atoms with E-state index in [1.807, 2.05) is 6.07 Å². The van der Waals surface area contributed by atoms with Gasteiger partial charge in [-0.1, -0.05) is 18.2 Å². The van der Waals surface area contributed by atoms with Crippen LogP contribution in [-0.4, -0.2) is 24.9 Å². The number of halogens is 1. The fraction of sp³-hybridized carbons (Fsp3) is 0.167. The molecule has 4 rings (SSSR count). The SMILES string of the molecule is Cc1nc(-c2nn(Cc3ccccc3F)c3ncccc23)oc1CO. The van der Waals surface area contributed by atoms with E-state index >= 15 is 0 Å². The van der Waals surface area contributed by atoms with Gasteiger partial charge in [0.2, 0.25) is 5.89 Å². The fourth-order valence-electron chi connectivity index (χ4n) is 2.74. The molecule has 0 bridgehead atoms. The number of hydrogen-bond donors (Lipinski definition) is 1. The largest absolute Gasteiger partial charge is 0.437 e. The fourth-order valence-corrected chi connectivity index (χ4v) is 2.74. The zero-order valence-corrected chi connectivity index (χ0v) is 13.5. The number of oxazole rings is 1. The van der Waals surface area contributed by atoms with Gasteiger partial charge in [0.05, 0.1) is 17.6 Å². The molecule has 1 N–H and O–H groups in total. The van der Waals surface area contributed by atoms with Gasteiger partial charge in [-0.25, -0.2) is 19.0 Å². The summed E-state index contributed by atoms with van der Waals surface area (Å²) in [6.45, 7) is 1.77. The van der Waals surface area contributed by atoms with E-state index in [-0.39, 0.29) is 19.0 Å². The highest BCUT2D eigenvalue weighted by atomic mass is 19.1. The van der Waals surface area contributed by atoms with Gasteiger partial charge in [0, 0.05) is 11.8 Å². The predicted octanol–water partition coefficient (Wildman–Crippen LogP) is 3.07. The van der Waals surface area contributed by atoms with Crippen molar-refractivity contribution < 1.29 is 13.9 Å². The van der Waals surface area contributed by atoms with E-state index in [2.05, 4.69) is 15.1 Å². The Morgan fingerprint density at radius 1 is 1.20 bits per heavy atom. The van der Waals surface area contributed by atoms with Gasteiger partial charge in [0.15, 0.2) is 17.1 Å². The van der Waals surface area contributed by atoms with Crippen molar-refractivity contribution in [3.63, 3.8) is 0 Å². The van der Waals surface area contributed by atoms with Crippen LogP contribution >= 0.6 is 0 Å². The molecule has 7 heteroatoms. The highest BCUT2D eigenvalue weighted by Gasteiger charge is 2.19. The second kappa shape index (κ2) is 6.10. The molecule has 25 heavy (non-hydrogen) atoms. The average molecular weight is 338 g/mol. The van der Waals surface area contributed by atoms with E-state index in [0.29, 0.717) is 34.2 Å². The molecule has 3 heterocycles. The summed E-state index contributed by atoms with van der Waals surface area (Å²) < 4.78 is 21.2. The first-order valence-corrected chi connectivity index (χ1v) is 7.80. The second-order valence-electron chi connectivity index (χ2n) is 5.66. The minimum atomic E-state index is -0.293. The van der Waals surface area contributed by atoms with E-state index in [4.69, 9.17) is 4.42 Å². The molecule has 0 radical (unpaired) electrons. The van der Waals surface area contributed by atoms with Crippen LogP contribution in [0.1, 0.15) is 17.0 Å². The minimum absolute atomic E-state index is 0.231. The molecule has 6 nitrogen and oxygen atoms in total. The van der Waals surface area contributed by atoms with Gasteiger partial charge in [-0.3, -0.25) is 0 Å². The lowest BCUT2D eigenvalue weighted by atomic mass is 10.2. The quantitative estimate of drug-likeness (QED) is 0.619. The van der Waals surface area contributed by atoms with Crippen molar-refractivity contribution in [1.29, 1.82) is 0 Å². The van der Waals surface area contributed by atoms with Crippen molar-refractivity contribution in [2.75, 3.05) is 0 Å². The summed E-state index contributed by atoms with van der Waals surface area (Å²) in [5, 5.41) is 14.6. The van der Waals surface area contributed by atoms with Crippen LogP contribution in [0, 0.1) is 12.7 Å². The first-order chi connectivity index (χ1) is 12.2. The molecule has 0 fully saturated rings. The number of aryl methyl sites for hydroxylation is 1. The highest BCUT2D eigenvalue weighted by molar-refractivity contribution is 5.88. The molecule has 4 aromatic rings. The number of aliphatic hydroxyl groups is 1. The summed E-state index contributed by atoms with van der Waals surface area (Å²) in [4.78, 5) is 8.70. The molecule has 0 amide bonds. The molecule has 0 unspecified atom stereocenters. The third-order valence-electron chi connectivity index (χ3n) is 4.02. The molecule has 0 saturated heterocycles. The third kappa shape index (κ3) is 2.68. The standard InChI is InChI=1S/C18H15FN4O2/c1-11-15(10-24)25-18(21-11)16-13-6-4-8-20-17(13)23(22-16)9-12-5-2-3-7-14(12)19/h2-8,24H,9-10H2,1H3. The number of pyridine rings is 1. The molecule has 0 spiro atoms. The molecule has 0 saturated carbocycles. The number of fused-ring (bicyclic) bond motifs is 1. The summed E-state index contributed by atoms with van der Waals surface area (Å²) >= 11 is 0. The van der Waals surface area contributed by atoms with Crippen molar-refractivity contribution in [3.8, 4) is 11.6 Å². The molecule has 0 aliphatic rings. The van der Waals surface area contributed by atoms with Crippen molar-refractivity contribution in [3.05, 3.63) is 65.4 Å². The van der Waals surface area contributed by atoms with Crippen molar-refractivity contribution >= 4 is 11.0 Å². The van der Waals surface area contributed by atoms with Gasteiger partial charge < -0.3 is 9.52 Å². The van der Waals surface area contributed by atoms with Crippen molar-refractivity contribution in [2.45, 2.75) is 20.1 Å². The van der Waals surface area contributed by atoms with Crippen LogP contribution in [0.2, 0.25) is 0 Å². The molecule has 0 aliphatic heterocycles. The molecular weight excluding hydrogens is 323 g/mol. The summed E-state index contributed by atoms with van der Waals surface area (Å²) in [7, 11) is 0. The summed E-state index contributed by atoms with van der Waals surface area (Å²) in [6, 6.07) is 10.2. The lowest BCUT2D eigenvalue weighted by Crippen LogP contribution is -2.04. The topological polar surface area (TPSA) is 77.0 Å². The molecular formula is C18H15FN4O2. The normalized spacial score (nSPS) is 11.3. The highest BCUT2D eigenvalue weighted by Crippen LogP contribution is 2.28. The second-order valence-corrected chi connectivity index (χ2v) is 5.66.